The van der Waals surface area contributed by atoms with E-state index in [9.17, 15) is 12.8 Å². The largest absolute Gasteiger partial charge is 0.319 e. The Labute approximate surface area is 113 Å². The summed E-state index contributed by atoms with van der Waals surface area (Å²) in [7, 11) is -1.62. The summed E-state index contributed by atoms with van der Waals surface area (Å²) in [6.45, 7) is 1.88. The summed E-state index contributed by atoms with van der Waals surface area (Å²) in [5.74, 6) is -0.0837. The van der Waals surface area contributed by atoms with Crippen LogP contribution < -0.4 is 5.32 Å². The lowest BCUT2D eigenvalue weighted by atomic mass is 10.00. The highest BCUT2D eigenvalue weighted by atomic mass is 32.2. The Hall–Kier alpha value is -0.980. The zero-order valence-corrected chi connectivity index (χ0v) is 11.8. The van der Waals surface area contributed by atoms with E-state index in [1.807, 2.05) is 7.05 Å². The van der Waals surface area contributed by atoms with Gasteiger partial charge in [0.2, 0.25) is 10.0 Å². The summed E-state index contributed by atoms with van der Waals surface area (Å²) in [4.78, 5) is 0.166. The Morgan fingerprint density at radius 2 is 2.05 bits per heavy atom. The van der Waals surface area contributed by atoms with E-state index < -0.39 is 15.8 Å². The molecule has 106 valence electrons. The van der Waals surface area contributed by atoms with Crippen molar-refractivity contribution in [2.24, 2.45) is 5.92 Å². The van der Waals surface area contributed by atoms with Gasteiger partial charge in [0.05, 0.1) is 4.90 Å². The standard InChI is InChI=1S/C13H19FN2O2S/c1-15-9-11-3-2-8-16(10-11)19(17,18)13-6-4-12(14)5-7-13/h4-7,11,15H,2-3,8-10H2,1H3. The number of hydrogen-bond acceptors (Lipinski definition) is 3. The van der Waals surface area contributed by atoms with E-state index in [1.54, 1.807) is 0 Å². The minimum absolute atomic E-state index is 0.166. The number of piperidine rings is 1. The summed E-state index contributed by atoms with van der Waals surface area (Å²) in [6.07, 6.45) is 1.91. The molecule has 1 fully saturated rings. The fraction of sp³-hybridized carbons (Fsp3) is 0.538. The molecule has 0 saturated carbocycles. The van der Waals surface area contributed by atoms with Crippen LogP contribution in [0.3, 0.4) is 0 Å². The first-order valence-electron chi connectivity index (χ1n) is 6.44. The number of sulfonamides is 1. The van der Waals surface area contributed by atoms with Crippen LogP contribution >= 0.6 is 0 Å². The van der Waals surface area contributed by atoms with E-state index in [0.29, 0.717) is 19.0 Å². The molecule has 1 saturated heterocycles. The Kier molecular flexibility index (Phi) is 4.54. The Balaban J connectivity index is 2.17. The molecule has 1 N–H and O–H groups in total. The van der Waals surface area contributed by atoms with E-state index in [4.69, 9.17) is 0 Å². The topological polar surface area (TPSA) is 49.4 Å². The van der Waals surface area contributed by atoms with Crippen molar-refractivity contribution in [3.8, 4) is 0 Å². The van der Waals surface area contributed by atoms with Gasteiger partial charge in [-0.3, -0.25) is 0 Å². The van der Waals surface area contributed by atoms with Gasteiger partial charge in [-0.2, -0.15) is 4.31 Å². The van der Waals surface area contributed by atoms with Gasteiger partial charge in [-0.15, -0.1) is 0 Å². The summed E-state index contributed by atoms with van der Waals surface area (Å²) in [5.41, 5.74) is 0. The molecule has 6 heteroatoms. The highest BCUT2D eigenvalue weighted by Crippen LogP contribution is 2.23. The number of nitrogens with zero attached hydrogens (tertiary/aromatic N) is 1. The maximum atomic E-state index is 12.9. The predicted molar refractivity (Wildman–Crippen MR) is 71.8 cm³/mol. The van der Waals surface area contributed by atoms with E-state index in [-0.39, 0.29) is 4.90 Å². The fourth-order valence-electron chi connectivity index (χ4n) is 2.46. The van der Waals surface area contributed by atoms with Gasteiger partial charge in [-0.05, 0) is 56.6 Å². The highest BCUT2D eigenvalue weighted by Gasteiger charge is 2.29. The SMILES string of the molecule is CNCC1CCCN(S(=O)(=O)c2ccc(F)cc2)C1. The number of hydrogen-bond donors (Lipinski definition) is 1. The van der Waals surface area contributed by atoms with Crippen LogP contribution in [0.1, 0.15) is 12.8 Å². The third-order valence-corrected chi connectivity index (χ3v) is 5.31. The minimum Gasteiger partial charge on any atom is -0.319 e. The molecule has 0 spiro atoms. The maximum absolute atomic E-state index is 12.9. The van der Waals surface area contributed by atoms with Crippen molar-refractivity contribution in [1.82, 2.24) is 9.62 Å². The molecule has 1 aromatic rings. The van der Waals surface area contributed by atoms with Crippen LogP contribution in [0.25, 0.3) is 0 Å². The second-order valence-corrected chi connectivity index (χ2v) is 6.82. The molecule has 0 aromatic heterocycles. The van der Waals surface area contributed by atoms with Gasteiger partial charge in [-0.25, -0.2) is 12.8 Å². The molecule has 0 amide bonds. The molecule has 1 atom stereocenters. The van der Waals surface area contributed by atoms with Crippen molar-refractivity contribution >= 4 is 10.0 Å². The summed E-state index contributed by atoms with van der Waals surface area (Å²) < 4.78 is 39.2. The van der Waals surface area contributed by atoms with Gasteiger partial charge in [-0.1, -0.05) is 0 Å². The summed E-state index contributed by atoms with van der Waals surface area (Å²) in [6, 6.07) is 5.02. The Morgan fingerprint density at radius 3 is 2.68 bits per heavy atom. The van der Waals surface area contributed by atoms with Crippen LogP contribution in [-0.2, 0) is 10.0 Å². The molecule has 0 aliphatic carbocycles. The van der Waals surface area contributed by atoms with Crippen molar-refractivity contribution in [3.05, 3.63) is 30.1 Å². The molecular formula is C13H19FN2O2S. The van der Waals surface area contributed by atoms with Gasteiger partial charge in [0.25, 0.3) is 0 Å². The van der Waals surface area contributed by atoms with Crippen molar-refractivity contribution in [2.75, 3.05) is 26.7 Å². The lowest BCUT2D eigenvalue weighted by Crippen LogP contribution is -2.42. The second kappa shape index (κ2) is 5.98. The van der Waals surface area contributed by atoms with Crippen LogP contribution in [-0.4, -0.2) is 39.4 Å². The van der Waals surface area contributed by atoms with Gasteiger partial charge >= 0.3 is 0 Å². The van der Waals surface area contributed by atoms with Crippen molar-refractivity contribution in [3.63, 3.8) is 0 Å². The predicted octanol–water partition coefficient (Wildman–Crippen LogP) is 1.45. The third-order valence-electron chi connectivity index (χ3n) is 3.43. The van der Waals surface area contributed by atoms with Crippen molar-refractivity contribution in [1.29, 1.82) is 0 Å². The van der Waals surface area contributed by atoms with E-state index in [0.717, 1.165) is 19.4 Å². The van der Waals surface area contributed by atoms with Crippen LogP contribution in [0.5, 0.6) is 0 Å². The average Bonchev–Trinajstić information content (AvgIpc) is 2.40. The van der Waals surface area contributed by atoms with Crippen LogP contribution in [0.15, 0.2) is 29.2 Å². The quantitative estimate of drug-likeness (QED) is 0.911. The molecule has 0 bridgehead atoms. The average molecular weight is 286 g/mol. The maximum Gasteiger partial charge on any atom is 0.243 e. The van der Waals surface area contributed by atoms with E-state index >= 15 is 0 Å². The number of nitrogens with one attached hydrogen (secondary N) is 1. The molecule has 1 aromatic carbocycles. The minimum atomic E-state index is -3.49. The molecule has 4 nitrogen and oxygen atoms in total. The fourth-order valence-corrected chi connectivity index (χ4v) is 4.01. The monoisotopic (exact) mass is 286 g/mol. The van der Waals surface area contributed by atoms with E-state index in [1.165, 1.54) is 28.6 Å². The first-order chi connectivity index (χ1) is 9.04. The van der Waals surface area contributed by atoms with Crippen LogP contribution in [0.2, 0.25) is 0 Å². The summed E-state index contributed by atoms with van der Waals surface area (Å²) >= 11 is 0. The molecule has 2 rings (SSSR count). The number of benzene rings is 1. The molecule has 0 radical (unpaired) electrons. The highest BCUT2D eigenvalue weighted by molar-refractivity contribution is 7.89. The zero-order valence-electron chi connectivity index (χ0n) is 11.0. The lowest BCUT2D eigenvalue weighted by molar-refractivity contribution is 0.263. The van der Waals surface area contributed by atoms with Crippen LogP contribution in [0.4, 0.5) is 4.39 Å². The third kappa shape index (κ3) is 3.32. The molecule has 1 heterocycles. The molecule has 1 aliphatic heterocycles. The lowest BCUT2D eigenvalue weighted by Gasteiger charge is -2.31. The Bertz CT molecular complexity index is 514. The van der Waals surface area contributed by atoms with Crippen LogP contribution in [0, 0.1) is 11.7 Å². The van der Waals surface area contributed by atoms with Crippen molar-refractivity contribution < 1.29 is 12.8 Å². The van der Waals surface area contributed by atoms with Gasteiger partial charge in [0.1, 0.15) is 5.82 Å². The summed E-state index contributed by atoms with van der Waals surface area (Å²) in [5, 5.41) is 3.09. The van der Waals surface area contributed by atoms with Gasteiger partial charge in [0, 0.05) is 13.1 Å². The van der Waals surface area contributed by atoms with Gasteiger partial charge < -0.3 is 5.32 Å². The van der Waals surface area contributed by atoms with Crippen molar-refractivity contribution in [2.45, 2.75) is 17.7 Å². The molecule has 1 aliphatic rings. The number of rotatable bonds is 4. The first-order valence-corrected chi connectivity index (χ1v) is 7.88. The molecular weight excluding hydrogens is 267 g/mol. The molecule has 19 heavy (non-hydrogen) atoms. The zero-order chi connectivity index (χ0) is 13.9. The smallest absolute Gasteiger partial charge is 0.243 e. The normalized spacial score (nSPS) is 21.5. The van der Waals surface area contributed by atoms with Gasteiger partial charge in [0.15, 0.2) is 0 Å². The Morgan fingerprint density at radius 1 is 1.37 bits per heavy atom. The first kappa shape index (κ1) is 14.4. The van der Waals surface area contributed by atoms with E-state index in [2.05, 4.69) is 5.32 Å². The molecule has 1 unspecified atom stereocenters. The number of halogens is 1. The second-order valence-electron chi connectivity index (χ2n) is 4.88.